The second-order valence-electron chi connectivity index (χ2n) is 6.31. The first-order chi connectivity index (χ1) is 8.96. The molecule has 0 aromatic heterocycles. The standard InChI is InChI=1S/C17H26O2/c1-5-12(6-2)10-15(18)14-9-7-8-13-11-17(3,4)19-16(13)14/h7-9,12,15,18H,5-6,10-11H2,1-4H3. The molecular formula is C17H26O2. The monoisotopic (exact) mass is 262 g/mol. The lowest BCUT2D eigenvalue weighted by atomic mass is 9.91. The lowest BCUT2D eigenvalue weighted by Crippen LogP contribution is -2.25. The summed E-state index contributed by atoms with van der Waals surface area (Å²) in [5.74, 6) is 1.51. The van der Waals surface area contributed by atoms with Gasteiger partial charge in [0.15, 0.2) is 0 Å². The molecule has 0 fully saturated rings. The van der Waals surface area contributed by atoms with E-state index in [0.717, 1.165) is 37.0 Å². The van der Waals surface area contributed by atoms with Gasteiger partial charge in [-0.05, 0) is 31.7 Å². The van der Waals surface area contributed by atoms with Crippen molar-refractivity contribution in [3.63, 3.8) is 0 Å². The van der Waals surface area contributed by atoms with Gasteiger partial charge in [0.05, 0.1) is 6.10 Å². The van der Waals surface area contributed by atoms with Crippen molar-refractivity contribution in [3.05, 3.63) is 29.3 Å². The third-order valence-corrected chi connectivity index (χ3v) is 4.19. The van der Waals surface area contributed by atoms with Crippen LogP contribution in [-0.2, 0) is 6.42 Å². The molecule has 106 valence electrons. The molecular weight excluding hydrogens is 236 g/mol. The lowest BCUT2D eigenvalue weighted by molar-refractivity contribution is 0.115. The van der Waals surface area contributed by atoms with Crippen molar-refractivity contribution in [2.45, 2.75) is 65.1 Å². The Labute approximate surface area is 116 Å². The fourth-order valence-electron chi connectivity index (χ4n) is 2.97. The highest BCUT2D eigenvalue weighted by Crippen LogP contribution is 2.41. The minimum Gasteiger partial charge on any atom is -0.487 e. The molecule has 1 aromatic rings. The lowest BCUT2D eigenvalue weighted by Gasteiger charge is -2.22. The summed E-state index contributed by atoms with van der Waals surface area (Å²) in [5.41, 5.74) is 2.05. The number of rotatable bonds is 5. The van der Waals surface area contributed by atoms with Gasteiger partial charge in [0.1, 0.15) is 11.4 Å². The van der Waals surface area contributed by atoms with Gasteiger partial charge < -0.3 is 9.84 Å². The maximum Gasteiger partial charge on any atom is 0.129 e. The molecule has 2 nitrogen and oxygen atoms in total. The second kappa shape index (κ2) is 5.54. The zero-order valence-electron chi connectivity index (χ0n) is 12.6. The summed E-state index contributed by atoms with van der Waals surface area (Å²) in [5, 5.41) is 10.5. The SMILES string of the molecule is CCC(CC)CC(O)c1cccc2c1OC(C)(C)C2. The zero-order valence-corrected chi connectivity index (χ0v) is 12.6. The molecule has 0 spiro atoms. The van der Waals surface area contributed by atoms with Gasteiger partial charge in [0, 0.05) is 12.0 Å². The van der Waals surface area contributed by atoms with Crippen molar-refractivity contribution in [3.8, 4) is 5.75 Å². The smallest absolute Gasteiger partial charge is 0.129 e. The average Bonchev–Trinajstić information content (AvgIpc) is 2.68. The van der Waals surface area contributed by atoms with Crippen LogP contribution < -0.4 is 4.74 Å². The Balaban J connectivity index is 2.21. The summed E-state index contributed by atoms with van der Waals surface area (Å²) in [6.07, 6.45) is 3.58. The van der Waals surface area contributed by atoms with Crippen molar-refractivity contribution in [1.82, 2.24) is 0 Å². The summed E-state index contributed by atoms with van der Waals surface area (Å²) >= 11 is 0. The minimum atomic E-state index is -0.409. The van der Waals surface area contributed by atoms with Crippen LogP contribution in [0.2, 0.25) is 0 Å². The molecule has 1 aliphatic rings. The number of fused-ring (bicyclic) bond motifs is 1. The summed E-state index contributed by atoms with van der Waals surface area (Å²) in [6.45, 7) is 8.58. The molecule has 1 N–H and O–H groups in total. The first kappa shape index (κ1) is 14.4. The molecule has 1 atom stereocenters. The highest BCUT2D eigenvalue weighted by Gasteiger charge is 2.33. The van der Waals surface area contributed by atoms with Gasteiger partial charge in [-0.1, -0.05) is 44.9 Å². The first-order valence-electron chi connectivity index (χ1n) is 7.45. The van der Waals surface area contributed by atoms with E-state index in [4.69, 9.17) is 4.74 Å². The van der Waals surface area contributed by atoms with Gasteiger partial charge in [0.2, 0.25) is 0 Å². The Hall–Kier alpha value is -1.02. The average molecular weight is 262 g/mol. The quantitative estimate of drug-likeness (QED) is 0.859. The van der Waals surface area contributed by atoms with Gasteiger partial charge >= 0.3 is 0 Å². The number of aliphatic hydroxyl groups is 1. The molecule has 0 saturated carbocycles. The number of ether oxygens (including phenoxy) is 1. The van der Waals surface area contributed by atoms with Gasteiger partial charge in [-0.15, -0.1) is 0 Å². The molecule has 2 rings (SSSR count). The van der Waals surface area contributed by atoms with E-state index in [-0.39, 0.29) is 5.60 Å². The topological polar surface area (TPSA) is 29.5 Å². The van der Waals surface area contributed by atoms with Crippen molar-refractivity contribution in [2.24, 2.45) is 5.92 Å². The Bertz CT molecular complexity index is 433. The predicted octanol–water partition coefficient (Wildman–Crippen LogP) is 4.26. The van der Waals surface area contributed by atoms with Crippen LogP contribution in [0.25, 0.3) is 0 Å². The van der Waals surface area contributed by atoms with Crippen molar-refractivity contribution in [2.75, 3.05) is 0 Å². The van der Waals surface area contributed by atoms with Crippen LogP contribution in [0.15, 0.2) is 18.2 Å². The Morgan fingerprint density at radius 3 is 2.58 bits per heavy atom. The molecule has 2 heteroatoms. The molecule has 1 heterocycles. The van der Waals surface area contributed by atoms with Gasteiger partial charge in [-0.3, -0.25) is 0 Å². The Kier molecular flexibility index (Phi) is 4.19. The van der Waals surface area contributed by atoms with Crippen LogP contribution in [0.1, 0.15) is 64.2 Å². The van der Waals surface area contributed by atoms with E-state index in [1.165, 1.54) is 5.56 Å². The molecule has 0 bridgehead atoms. The second-order valence-corrected chi connectivity index (χ2v) is 6.31. The zero-order chi connectivity index (χ0) is 14.0. The molecule has 1 aromatic carbocycles. The normalized spacial score (nSPS) is 18.2. The highest BCUT2D eigenvalue weighted by atomic mass is 16.5. The predicted molar refractivity (Wildman–Crippen MR) is 78.5 cm³/mol. The molecule has 1 unspecified atom stereocenters. The number of aliphatic hydroxyl groups excluding tert-OH is 1. The summed E-state index contributed by atoms with van der Waals surface area (Å²) in [4.78, 5) is 0. The number of hydrogen-bond acceptors (Lipinski definition) is 2. The summed E-state index contributed by atoms with van der Waals surface area (Å²) < 4.78 is 6.04. The summed E-state index contributed by atoms with van der Waals surface area (Å²) in [7, 11) is 0. The highest BCUT2D eigenvalue weighted by molar-refractivity contribution is 5.46. The van der Waals surface area contributed by atoms with E-state index in [9.17, 15) is 5.11 Å². The van der Waals surface area contributed by atoms with Crippen molar-refractivity contribution >= 4 is 0 Å². The van der Waals surface area contributed by atoms with Crippen molar-refractivity contribution in [1.29, 1.82) is 0 Å². The molecule has 1 aliphatic heterocycles. The van der Waals surface area contributed by atoms with E-state index in [0.29, 0.717) is 5.92 Å². The molecule has 0 amide bonds. The van der Waals surface area contributed by atoms with E-state index >= 15 is 0 Å². The number of hydrogen-bond donors (Lipinski definition) is 1. The maximum absolute atomic E-state index is 10.5. The first-order valence-corrected chi connectivity index (χ1v) is 7.45. The van der Waals surface area contributed by atoms with Crippen molar-refractivity contribution < 1.29 is 9.84 Å². The number of para-hydroxylation sites is 1. The molecule has 0 aliphatic carbocycles. The molecule has 0 radical (unpaired) electrons. The van der Waals surface area contributed by atoms with Crippen LogP contribution in [0, 0.1) is 5.92 Å². The van der Waals surface area contributed by atoms with Crippen LogP contribution in [0.4, 0.5) is 0 Å². The van der Waals surface area contributed by atoms with Crippen LogP contribution in [-0.4, -0.2) is 10.7 Å². The third kappa shape index (κ3) is 3.11. The van der Waals surface area contributed by atoms with Crippen LogP contribution >= 0.6 is 0 Å². The van der Waals surface area contributed by atoms with Gasteiger partial charge in [-0.2, -0.15) is 0 Å². The van der Waals surface area contributed by atoms with E-state index in [1.807, 2.05) is 12.1 Å². The third-order valence-electron chi connectivity index (χ3n) is 4.19. The molecule has 0 saturated heterocycles. The van der Waals surface area contributed by atoms with E-state index in [1.54, 1.807) is 0 Å². The van der Waals surface area contributed by atoms with Gasteiger partial charge in [-0.25, -0.2) is 0 Å². The Morgan fingerprint density at radius 2 is 1.95 bits per heavy atom. The number of benzene rings is 1. The van der Waals surface area contributed by atoms with E-state index < -0.39 is 6.10 Å². The van der Waals surface area contributed by atoms with Gasteiger partial charge in [0.25, 0.3) is 0 Å². The minimum absolute atomic E-state index is 0.146. The fourth-order valence-corrected chi connectivity index (χ4v) is 2.97. The van der Waals surface area contributed by atoms with Crippen LogP contribution in [0.3, 0.4) is 0 Å². The Morgan fingerprint density at radius 1 is 1.26 bits per heavy atom. The summed E-state index contributed by atoms with van der Waals surface area (Å²) in [6, 6.07) is 6.15. The molecule has 19 heavy (non-hydrogen) atoms. The van der Waals surface area contributed by atoms with Crippen LogP contribution in [0.5, 0.6) is 5.75 Å². The fraction of sp³-hybridized carbons (Fsp3) is 0.647. The largest absolute Gasteiger partial charge is 0.487 e. The maximum atomic E-state index is 10.5. The van der Waals surface area contributed by atoms with E-state index in [2.05, 4.69) is 33.8 Å².